The Bertz CT molecular complexity index is 197. The molecule has 16 heavy (non-hydrogen) atoms. The molecule has 0 saturated carbocycles. The van der Waals surface area contributed by atoms with Crippen LogP contribution in [0.25, 0.3) is 0 Å². The van der Waals surface area contributed by atoms with Crippen molar-refractivity contribution in [2.24, 2.45) is 11.3 Å². The zero-order valence-corrected chi connectivity index (χ0v) is 11.7. The van der Waals surface area contributed by atoms with E-state index in [1.165, 1.54) is 19.3 Å². The molecular weight excluding hydrogens is 198 g/mol. The van der Waals surface area contributed by atoms with Gasteiger partial charge in [0.2, 0.25) is 0 Å². The van der Waals surface area contributed by atoms with Crippen molar-refractivity contribution in [2.45, 2.75) is 66.0 Å². The fourth-order valence-corrected chi connectivity index (χ4v) is 2.27. The Hall–Kier alpha value is -0.0800. The maximum atomic E-state index is 5.78. The minimum atomic E-state index is 0.360. The summed E-state index contributed by atoms with van der Waals surface area (Å²) >= 11 is 0. The highest BCUT2D eigenvalue weighted by Crippen LogP contribution is 2.35. The molecule has 1 rings (SSSR count). The molecule has 0 aromatic carbocycles. The molecule has 1 saturated heterocycles. The number of hydrogen-bond acceptors (Lipinski definition) is 2. The molecule has 0 amide bonds. The van der Waals surface area contributed by atoms with Crippen LogP contribution < -0.4 is 5.32 Å². The molecule has 1 N–H and O–H groups in total. The van der Waals surface area contributed by atoms with Gasteiger partial charge in [-0.25, -0.2) is 0 Å². The number of nitrogens with one attached hydrogen (secondary N) is 1. The first kappa shape index (κ1) is 14.0. The van der Waals surface area contributed by atoms with E-state index in [1.807, 2.05) is 0 Å². The van der Waals surface area contributed by atoms with Crippen molar-refractivity contribution in [3.63, 3.8) is 0 Å². The molecule has 0 radical (unpaired) electrons. The predicted octanol–water partition coefficient (Wildman–Crippen LogP) is 3.22. The lowest BCUT2D eigenvalue weighted by Gasteiger charge is -2.36. The average Bonchev–Trinajstić information content (AvgIpc) is 2.67. The van der Waals surface area contributed by atoms with Gasteiger partial charge in [-0.15, -0.1) is 0 Å². The van der Waals surface area contributed by atoms with Gasteiger partial charge in [0.05, 0.1) is 6.10 Å². The lowest BCUT2D eigenvalue weighted by atomic mass is 9.74. The summed E-state index contributed by atoms with van der Waals surface area (Å²) in [6, 6.07) is 0.572. The fraction of sp³-hybridized carbons (Fsp3) is 1.00. The van der Waals surface area contributed by atoms with Gasteiger partial charge in [-0.3, -0.25) is 0 Å². The maximum Gasteiger partial charge on any atom is 0.0581 e. The molecule has 1 heterocycles. The molecule has 0 aromatic rings. The SMILES string of the molecule is CC(C)NCC(C)(CC1CCCO1)C(C)C. The fourth-order valence-electron chi connectivity index (χ4n) is 2.27. The molecule has 0 aliphatic carbocycles. The molecule has 2 unspecified atom stereocenters. The van der Waals surface area contributed by atoms with E-state index in [0.717, 1.165) is 13.2 Å². The number of hydrogen-bond donors (Lipinski definition) is 1. The Balaban J connectivity index is 2.49. The van der Waals surface area contributed by atoms with Crippen molar-refractivity contribution in [1.82, 2.24) is 5.32 Å². The Morgan fingerprint density at radius 3 is 2.44 bits per heavy atom. The van der Waals surface area contributed by atoms with Gasteiger partial charge in [0.15, 0.2) is 0 Å². The summed E-state index contributed by atoms with van der Waals surface area (Å²) in [6.07, 6.45) is 4.20. The van der Waals surface area contributed by atoms with Crippen LogP contribution >= 0.6 is 0 Å². The lowest BCUT2D eigenvalue weighted by molar-refractivity contribution is 0.0471. The molecule has 96 valence electrons. The van der Waals surface area contributed by atoms with Gasteiger partial charge in [-0.2, -0.15) is 0 Å². The summed E-state index contributed by atoms with van der Waals surface area (Å²) in [5.41, 5.74) is 0.360. The van der Waals surface area contributed by atoms with E-state index >= 15 is 0 Å². The van der Waals surface area contributed by atoms with Gasteiger partial charge in [0, 0.05) is 19.2 Å². The second-order valence-corrected chi connectivity index (χ2v) is 6.18. The van der Waals surface area contributed by atoms with Gasteiger partial charge in [-0.1, -0.05) is 34.6 Å². The van der Waals surface area contributed by atoms with E-state index in [-0.39, 0.29) is 0 Å². The standard InChI is InChI=1S/C14H29NO/c1-11(2)14(5,10-15-12(3)4)9-13-7-6-8-16-13/h11-13,15H,6-10H2,1-5H3. The van der Waals surface area contributed by atoms with Crippen LogP contribution in [0.1, 0.15) is 53.9 Å². The first-order chi connectivity index (χ1) is 7.44. The van der Waals surface area contributed by atoms with Crippen LogP contribution in [0.3, 0.4) is 0 Å². The Morgan fingerprint density at radius 1 is 1.31 bits per heavy atom. The second-order valence-electron chi connectivity index (χ2n) is 6.18. The third-order valence-electron chi connectivity index (χ3n) is 4.03. The van der Waals surface area contributed by atoms with Crippen molar-refractivity contribution in [2.75, 3.05) is 13.2 Å². The van der Waals surface area contributed by atoms with Gasteiger partial charge in [-0.05, 0) is 30.6 Å². The van der Waals surface area contributed by atoms with Crippen molar-refractivity contribution >= 4 is 0 Å². The van der Waals surface area contributed by atoms with Crippen LogP contribution in [0.4, 0.5) is 0 Å². The molecule has 0 bridgehead atoms. The zero-order chi connectivity index (χ0) is 12.2. The summed E-state index contributed by atoms with van der Waals surface area (Å²) in [5.74, 6) is 0.697. The Labute approximate surface area is 101 Å². The van der Waals surface area contributed by atoms with Crippen LogP contribution in [0.2, 0.25) is 0 Å². The van der Waals surface area contributed by atoms with E-state index in [2.05, 4.69) is 39.9 Å². The first-order valence-corrected chi connectivity index (χ1v) is 6.79. The highest BCUT2D eigenvalue weighted by atomic mass is 16.5. The third kappa shape index (κ3) is 4.06. The van der Waals surface area contributed by atoms with Gasteiger partial charge in [0.1, 0.15) is 0 Å². The highest BCUT2D eigenvalue weighted by molar-refractivity contribution is 4.85. The minimum Gasteiger partial charge on any atom is -0.378 e. The van der Waals surface area contributed by atoms with E-state index in [1.54, 1.807) is 0 Å². The smallest absolute Gasteiger partial charge is 0.0581 e. The average molecular weight is 227 g/mol. The van der Waals surface area contributed by atoms with Crippen molar-refractivity contribution in [3.05, 3.63) is 0 Å². The van der Waals surface area contributed by atoms with Crippen LogP contribution in [0, 0.1) is 11.3 Å². The lowest BCUT2D eigenvalue weighted by Crippen LogP contribution is -2.41. The molecule has 1 aliphatic rings. The van der Waals surface area contributed by atoms with Crippen molar-refractivity contribution in [3.8, 4) is 0 Å². The molecule has 0 aromatic heterocycles. The quantitative estimate of drug-likeness (QED) is 0.752. The summed E-state index contributed by atoms with van der Waals surface area (Å²) in [6.45, 7) is 13.6. The van der Waals surface area contributed by atoms with Crippen LogP contribution in [0.5, 0.6) is 0 Å². The summed E-state index contributed by atoms with van der Waals surface area (Å²) in [4.78, 5) is 0. The number of rotatable bonds is 6. The highest BCUT2D eigenvalue weighted by Gasteiger charge is 2.33. The summed E-state index contributed by atoms with van der Waals surface area (Å²) in [7, 11) is 0. The van der Waals surface area contributed by atoms with Gasteiger partial charge in [0.25, 0.3) is 0 Å². The number of ether oxygens (including phenoxy) is 1. The van der Waals surface area contributed by atoms with Crippen LogP contribution in [0.15, 0.2) is 0 Å². The molecule has 2 heteroatoms. The van der Waals surface area contributed by atoms with Crippen molar-refractivity contribution < 1.29 is 4.74 Å². The van der Waals surface area contributed by atoms with Crippen molar-refractivity contribution in [1.29, 1.82) is 0 Å². The summed E-state index contributed by atoms with van der Waals surface area (Å²) in [5, 5.41) is 3.59. The van der Waals surface area contributed by atoms with Gasteiger partial charge < -0.3 is 10.1 Å². The molecule has 2 nitrogen and oxygen atoms in total. The molecular formula is C14H29NO. The third-order valence-corrected chi connectivity index (χ3v) is 4.03. The van der Waals surface area contributed by atoms with E-state index < -0.39 is 0 Å². The Kier molecular flexibility index (Phi) is 5.26. The minimum absolute atomic E-state index is 0.360. The van der Waals surface area contributed by atoms with E-state index in [0.29, 0.717) is 23.5 Å². The summed E-state index contributed by atoms with van der Waals surface area (Å²) < 4.78 is 5.78. The zero-order valence-electron chi connectivity index (χ0n) is 11.7. The van der Waals surface area contributed by atoms with E-state index in [4.69, 9.17) is 4.74 Å². The second kappa shape index (κ2) is 6.02. The van der Waals surface area contributed by atoms with Crippen LogP contribution in [-0.4, -0.2) is 25.3 Å². The predicted molar refractivity (Wildman–Crippen MR) is 69.7 cm³/mol. The molecule has 2 atom stereocenters. The molecule has 0 spiro atoms. The first-order valence-electron chi connectivity index (χ1n) is 6.79. The van der Waals surface area contributed by atoms with Crippen LogP contribution in [-0.2, 0) is 4.74 Å². The van der Waals surface area contributed by atoms with E-state index in [9.17, 15) is 0 Å². The molecule has 1 aliphatic heterocycles. The monoisotopic (exact) mass is 227 g/mol. The molecule has 1 fully saturated rings. The normalized spacial score (nSPS) is 25.3. The topological polar surface area (TPSA) is 21.3 Å². The van der Waals surface area contributed by atoms with Gasteiger partial charge >= 0.3 is 0 Å². The maximum absolute atomic E-state index is 5.78. The largest absolute Gasteiger partial charge is 0.378 e. The Morgan fingerprint density at radius 2 is 2.00 bits per heavy atom.